The molecule has 0 fully saturated rings. The van der Waals surface area contributed by atoms with Gasteiger partial charge in [0, 0.05) is 13.1 Å². The number of hydrogen-bond acceptors (Lipinski definition) is 7. The summed E-state index contributed by atoms with van der Waals surface area (Å²) in [5, 5.41) is 0. The van der Waals surface area contributed by atoms with Crippen LogP contribution < -0.4 is 15.4 Å². The van der Waals surface area contributed by atoms with Gasteiger partial charge in [-0.2, -0.15) is 9.97 Å². The summed E-state index contributed by atoms with van der Waals surface area (Å²) >= 11 is 0. The molecular weight excluding hydrogens is 224 g/mol. The number of nitrogens with two attached hydrogens (primary N) is 1. The van der Waals surface area contributed by atoms with Gasteiger partial charge < -0.3 is 20.1 Å². The fraction of sp³-hybridized carbons (Fsp3) is 0.500. The average molecular weight is 240 g/mol. The number of carbonyl (C=O) groups is 1. The first-order chi connectivity index (χ1) is 8.06. The Morgan fingerprint density at radius 1 is 1.53 bits per heavy atom. The highest BCUT2D eigenvalue weighted by atomic mass is 16.5. The maximum absolute atomic E-state index is 11.3. The number of nitrogen functional groups attached to an aromatic ring is 1. The summed E-state index contributed by atoms with van der Waals surface area (Å²) in [5.41, 5.74) is 5.52. The third-order valence-corrected chi connectivity index (χ3v) is 1.98. The third kappa shape index (κ3) is 3.78. The van der Waals surface area contributed by atoms with Gasteiger partial charge in [-0.15, -0.1) is 0 Å². The van der Waals surface area contributed by atoms with Gasteiger partial charge in [-0.1, -0.05) is 0 Å². The summed E-state index contributed by atoms with van der Waals surface area (Å²) in [7, 11) is 3.19. The second-order valence-electron chi connectivity index (χ2n) is 3.29. The lowest BCUT2D eigenvalue weighted by Crippen LogP contribution is -2.28. The topological polar surface area (TPSA) is 90.6 Å². The summed E-state index contributed by atoms with van der Waals surface area (Å²) in [4.78, 5) is 20.8. The summed E-state index contributed by atoms with van der Waals surface area (Å²) < 4.78 is 9.80. The van der Waals surface area contributed by atoms with Gasteiger partial charge >= 0.3 is 5.97 Å². The Balaban J connectivity index is 2.77. The predicted molar refractivity (Wildman–Crippen MR) is 62.9 cm³/mol. The minimum atomic E-state index is -0.328. The Morgan fingerprint density at radius 3 is 2.82 bits per heavy atom. The van der Waals surface area contributed by atoms with Crippen LogP contribution in [0.25, 0.3) is 0 Å². The van der Waals surface area contributed by atoms with Crippen molar-refractivity contribution in [3.8, 4) is 5.88 Å². The molecule has 94 valence electrons. The van der Waals surface area contributed by atoms with E-state index >= 15 is 0 Å². The zero-order chi connectivity index (χ0) is 12.8. The first-order valence-corrected chi connectivity index (χ1v) is 5.12. The lowest BCUT2D eigenvalue weighted by molar-refractivity contribution is -0.141. The molecule has 1 rings (SSSR count). The van der Waals surface area contributed by atoms with E-state index < -0.39 is 0 Å². The molecule has 1 aromatic heterocycles. The van der Waals surface area contributed by atoms with Crippen molar-refractivity contribution >= 4 is 17.7 Å². The van der Waals surface area contributed by atoms with Crippen LogP contribution in [-0.4, -0.2) is 43.2 Å². The maximum atomic E-state index is 11.3. The first-order valence-electron chi connectivity index (χ1n) is 5.12. The zero-order valence-electron chi connectivity index (χ0n) is 10.1. The minimum absolute atomic E-state index is 0.0907. The number of esters is 1. The molecule has 0 aliphatic rings. The van der Waals surface area contributed by atoms with Crippen molar-refractivity contribution in [3.05, 3.63) is 6.07 Å². The van der Waals surface area contributed by atoms with Gasteiger partial charge in [0.1, 0.15) is 12.4 Å². The zero-order valence-corrected chi connectivity index (χ0v) is 10.1. The number of rotatable bonds is 5. The van der Waals surface area contributed by atoms with Crippen LogP contribution in [0.1, 0.15) is 6.92 Å². The van der Waals surface area contributed by atoms with Crippen molar-refractivity contribution in [1.29, 1.82) is 0 Å². The number of carbonyl (C=O) groups excluding carboxylic acids is 1. The molecule has 0 saturated carbocycles. The van der Waals surface area contributed by atoms with Gasteiger partial charge in [-0.25, -0.2) is 0 Å². The lowest BCUT2D eigenvalue weighted by atomic mass is 10.4. The summed E-state index contributed by atoms with van der Waals surface area (Å²) in [6, 6.07) is 1.59. The lowest BCUT2D eigenvalue weighted by Gasteiger charge is -2.17. The summed E-state index contributed by atoms with van der Waals surface area (Å²) in [5.74, 6) is 0.617. The maximum Gasteiger partial charge on any atom is 0.325 e. The smallest absolute Gasteiger partial charge is 0.325 e. The van der Waals surface area contributed by atoms with E-state index in [0.717, 1.165) is 0 Å². The SMILES string of the molecule is CCOC(=O)CN(C)c1cc(OC)nc(N)n1. The van der Waals surface area contributed by atoms with Crippen molar-refractivity contribution in [2.24, 2.45) is 0 Å². The number of methoxy groups -OCH3 is 1. The van der Waals surface area contributed by atoms with Gasteiger partial charge in [0.05, 0.1) is 13.7 Å². The van der Waals surface area contributed by atoms with Crippen LogP contribution in [0.3, 0.4) is 0 Å². The number of nitrogens with zero attached hydrogens (tertiary/aromatic N) is 3. The number of ether oxygens (including phenoxy) is 2. The molecule has 0 aliphatic carbocycles. The van der Waals surface area contributed by atoms with E-state index in [1.807, 2.05) is 0 Å². The molecule has 2 N–H and O–H groups in total. The molecule has 0 unspecified atom stereocenters. The van der Waals surface area contributed by atoms with E-state index in [-0.39, 0.29) is 18.5 Å². The Hall–Kier alpha value is -2.05. The van der Waals surface area contributed by atoms with Gasteiger partial charge in [0.25, 0.3) is 0 Å². The highest BCUT2D eigenvalue weighted by Crippen LogP contribution is 2.16. The molecule has 1 heterocycles. The van der Waals surface area contributed by atoms with Crippen molar-refractivity contribution < 1.29 is 14.3 Å². The second-order valence-corrected chi connectivity index (χ2v) is 3.29. The van der Waals surface area contributed by atoms with Crippen LogP contribution >= 0.6 is 0 Å². The molecule has 0 aromatic carbocycles. The number of anilines is 2. The van der Waals surface area contributed by atoms with E-state index in [4.69, 9.17) is 15.2 Å². The normalized spacial score (nSPS) is 9.82. The average Bonchev–Trinajstić information content (AvgIpc) is 2.28. The molecule has 0 bridgehead atoms. The summed E-state index contributed by atoms with van der Waals surface area (Å²) in [6.07, 6.45) is 0. The van der Waals surface area contributed by atoms with Crippen LogP contribution in [0, 0.1) is 0 Å². The molecule has 7 heteroatoms. The summed E-state index contributed by atoms with van der Waals surface area (Å²) in [6.45, 7) is 2.19. The van der Waals surface area contributed by atoms with E-state index in [0.29, 0.717) is 18.3 Å². The molecule has 0 atom stereocenters. The number of likely N-dealkylation sites (N-methyl/N-ethyl adjacent to an activating group) is 1. The van der Waals surface area contributed by atoms with E-state index in [1.54, 1.807) is 24.9 Å². The fourth-order valence-corrected chi connectivity index (χ4v) is 1.21. The van der Waals surface area contributed by atoms with Gasteiger partial charge in [0.15, 0.2) is 0 Å². The monoisotopic (exact) mass is 240 g/mol. The highest BCUT2D eigenvalue weighted by molar-refractivity contribution is 5.75. The molecule has 17 heavy (non-hydrogen) atoms. The predicted octanol–water partition coefficient (Wildman–Crippen LogP) is 0.0667. The fourth-order valence-electron chi connectivity index (χ4n) is 1.21. The van der Waals surface area contributed by atoms with E-state index in [2.05, 4.69) is 9.97 Å². The van der Waals surface area contributed by atoms with E-state index in [9.17, 15) is 4.79 Å². The molecular formula is C10H16N4O3. The highest BCUT2D eigenvalue weighted by Gasteiger charge is 2.11. The number of hydrogen-bond donors (Lipinski definition) is 1. The van der Waals surface area contributed by atoms with E-state index in [1.165, 1.54) is 7.11 Å². The standard InChI is InChI=1S/C10H16N4O3/c1-4-17-9(15)6-14(2)7-5-8(16-3)13-10(11)12-7/h5H,4,6H2,1-3H3,(H2,11,12,13). The molecule has 0 saturated heterocycles. The molecule has 1 aromatic rings. The van der Waals surface area contributed by atoms with Crippen molar-refractivity contribution in [2.75, 3.05) is 37.9 Å². The second kappa shape index (κ2) is 5.88. The molecule has 0 spiro atoms. The van der Waals surface area contributed by atoms with Crippen LogP contribution in [0.15, 0.2) is 6.07 Å². The van der Waals surface area contributed by atoms with Crippen molar-refractivity contribution in [3.63, 3.8) is 0 Å². The quantitative estimate of drug-likeness (QED) is 0.728. The Labute approximate surface area is 99.5 Å². The Morgan fingerprint density at radius 2 is 2.24 bits per heavy atom. The molecule has 0 amide bonds. The number of aromatic nitrogens is 2. The largest absolute Gasteiger partial charge is 0.481 e. The first kappa shape index (κ1) is 13.0. The van der Waals surface area contributed by atoms with Gasteiger partial charge in [-0.3, -0.25) is 4.79 Å². The van der Waals surface area contributed by atoms with Crippen molar-refractivity contribution in [1.82, 2.24) is 9.97 Å². The van der Waals surface area contributed by atoms with Gasteiger partial charge in [-0.05, 0) is 6.92 Å². The molecule has 0 radical (unpaired) electrons. The van der Waals surface area contributed by atoms with Gasteiger partial charge in [0.2, 0.25) is 11.8 Å². The van der Waals surface area contributed by atoms with Crippen LogP contribution in [0.2, 0.25) is 0 Å². The van der Waals surface area contributed by atoms with Crippen LogP contribution in [-0.2, 0) is 9.53 Å². The third-order valence-electron chi connectivity index (χ3n) is 1.98. The molecule has 0 aliphatic heterocycles. The Kier molecular flexibility index (Phi) is 4.50. The minimum Gasteiger partial charge on any atom is -0.481 e. The molecule has 7 nitrogen and oxygen atoms in total. The van der Waals surface area contributed by atoms with Crippen molar-refractivity contribution in [2.45, 2.75) is 6.92 Å². The van der Waals surface area contributed by atoms with Crippen LogP contribution in [0.4, 0.5) is 11.8 Å². The Bertz CT molecular complexity index is 397. The van der Waals surface area contributed by atoms with Crippen LogP contribution in [0.5, 0.6) is 5.88 Å².